The number of hydrogen-bond acceptors (Lipinski definition) is 7. The molecule has 3 aromatic carbocycles. The number of nitrogens with zero attached hydrogens (tertiary/aromatic N) is 2. The first-order valence-electron chi connectivity index (χ1n) is 14.5. The summed E-state index contributed by atoms with van der Waals surface area (Å²) in [6.45, 7) is 3.53. The van der Waals surface area contributed by atoms with Gasteiger partial charge in [0.05, 0.1) is 4.90 Å². The van der Waals surface area contributed by atoms with Crippen LogP contribution in [0.3, 0.4) is 0 Å². The number of thiol groups is 1. The number of hydroxylamine groups is 1. The van der Waals surface area contributed by atoms with Gasteiger partial charge in [-0.05, 0) is 48.2 Å². The number of carbonyl (C=O) groups is 3. The maximum atomic E-state index is 15.4. The van der Waals surface area contributed by atoms with Crippen LogP contribution in [0.25, 0.3) is 11.1 Å². The molecule has 0 spiro atoms. The molecule has 45 heavy (non-hydrogen) atoms. The molecule has 3 rings (SSSR count). The van der Waals surface area contributed by atoms with E-state index in [2.05, 4.69) is 17.9 Å². The van der Waals surface area contributed by atoms with Gasteiger partial charge in [-0.25, -0.2) is 4.39 Å². The number of carbonyl (C=O) groups excluding carboxylic acids is 3. The molecule has 3 amide bonds. The van der Waals surface area contributed by atoms with E-state index in [-0.39, 0.29) is 75.5 Å². The summed E-state index contributed by atoms with van der Waals surface area (Å²) in [5.41, 5.74) is 1.44. The zero-order valence-corrected chi connectivity index (χ0v) is 27.5. The molecule has 0 radical (unpaired) electrons. The van der Waals surface area contributed by atoms with E-state index >= 15 is 4.39 Å². The molecule has 2 N–H and O–H groups in total. The number of nitrogens with one attached hydrogen (secondary N) is 1. The second kappa shape index (κ2) is 16.7. The second-order valence-corrected chi connectivity index (χ2v) is 13.3. The summed E-state index contributed by atoms with van der Waals surface area (Å²) >= 11 is 10.6. The first-order chi connectivity index (χ1) is 21.4. The van der Waals surface area contributed by atoms with Crippen molar-refractivity contribution in [3.05, 3.63) is 88.7 Å². The Labute approximate surface area is 273 Å². The van der Waals surface area contributed by atoms with Crippen molar-refractivity contribution in [3.63, 3.8) is 0 Å². The molecule has 0 bridgehead atoms. The van der Waals surface area contributed by atoms with Crippen LogP contribution >= 0.6 is 24.2 Å². The highest BCUT2D eigenvalue weighted by Gasteiger charge is 2.29. The minimum atomic E-state index is -4.62. The summed E-state index contributed by atoms with van der Waals surface area (Å²) in [4.78, 5) is 38.4. The van der Waals surface area contributed by atoms with Crippen molar-refractivity contribution >= 4 is 52.0 Å². The fourth-order valence-electron chi connectivity index (χ4n) is 4.57. The monoisotopic (exact) mass is 677 g/mol. The third kappa shape index (κ3) is 10.0. The quantitative estimate of drug-likeness (QED) is 0.109. The third-order valence-corrected chi connectivity index (χ3v) is 9.13. The van der Waals surface area contributed by atoms with Crippen LogP contribution in [0.5, 0.6) is 0 Å². The van der Waals surface area contributed by atoms with Crippen LogP contribution in [0, 0.1) is 5.82 Å². The van der Waals surface area contributed by atoms with Gasteiger partial charge >= 0.3 is 0 Å². The molecule has 242 valence electrons. The Balaban J connectivity index is 1.71. The van der Waals surface area contributed by atoms with Gasteiger partial charge in [0.1, 0.15) is 5.82 Å². The van der Waals surface area contributed by atoms with Crippen LogP contribution in [-0.4, -0.2) is 59.1 Å². The molecule has 0 aliphatic heterocycles. The lowest BCUT2D eigenvalue weighted by atomic mass is 10.0. The van der Waals surface area contributed by atoms with Crippen molar-refractivity contribution < 1.29 is 32.4 Å². The lowest BCUT2D eigenvalue weighted by Crippen LogP contribution is -2.36. The molecule has 0 aliphatic carbocycles. The number of hydrogen-bond donors (Lipinski definition) is 3. The summed E-state index contributed by atoms with van der Waals surface area (Å²) in [5, 5.41) is 13.3. The molecule has 0 saturated carbocycles. The molecule has 9 nitrogen and oxygen atoms in total. The molecule has 0 saturated heterocycles. The van der Waals surface area contributed by atoms with E-state index in [1.165, 1.54) is 42.2 Å². The molecule has 1 atom stereocenters. The van der Waals surface area contributed by atoms with E-state index in [0.29, 0.717) is 24.4 Å². The maximum absolute atomic E-state index is 15.4. The number of halogens is 2. The van der Waals surface area contributed by atoms with Crippen LogP contribution in [0.2, 0.25) is 5.02 Å². The van der Waals surface area contributed by atoms with Gasteiger partial charge in [-0.3, -0.25) is 19.6 Å². The minimum absolute atomic E-state index is 0.00615. The van der Waals surface area contributed by atoms with Gasteiger partial charge in [0.2, 0.25) is 11.8 Å². The first kappa shape index (κ1) is 36.0. The Morgan fingerprint density at radius 3 is 2.40 bits per heavy atom. The van der Waals surface area contributed by atoms with Gasteiger partial charge in [-0.1, -0.05) is 67.9 Å². The largest absolute Gasteiger partial charge is 0.355 e. The molecular weight excluding hydrogens is 641 g/mol. The topological polar surface area (TPSA) is 124 Å². The average molecular weight is 678 g/mol. The summed E-state index contributed by atoms with van der Waals surface area (Å²) < 4.78 is 41.0. The normalized spacial score (nSPS) is 12.0. The van der Waals surface area contributed by atoms with Crippen LogP contribution in [0.4, 0.5) is 4.39 Å². The van der Waals surface area contributed by atoms with Crippen LogP contribution < -0.4 is 5.32 Å². The highest BCUT2D eigenvalue weighted by atomic mass is 35.5. The summed E-state index contributed by atoms with van der Waals surface area (Å²) in [6, 6.07) is 17.1. The molecule has 0 fully saturated rings. The van der Waals surface area contributed by atoms with E-state index < -0.39 is 21.7 Å². The second-order valence-electron chi connectivity index (χ2n) is 10.4. The third-order valence-electron chi connectivity index (χ3n) is 6.95. The molecule has 0 aliphatic rings. The summed E-state index contributed by atoms with van der Waals surface area (Å²) in [5.74, 6) is -2.22. The van der Waals surface area contributed by atoms with Gasteiger partial charge in [-0.15, -0.1) is 4.47 Å². The van der Waals surface area contributed by atoms with Crippen LogP contribution in [0.1, 0.15) is 50.7 Å². The Kier molecular flexibility index (Phi) is 13.4. The van der Waals surface area contributed by atoms with Gasteiger partial charge in [-0.2, -0.15) is 21.0 Å². The molecule has 0 aromatic heterocycles. The first-order valence-corrected chi connectivity index (χ1v) is 16.8. The smallest absolute Gasteiger partial charge is 0.289 e. The van der Waals surface area contributed by atoms with Crippen LogP contribution in [0.15, 0.2) is 71.6 Å². The van der Waals surface area contributed by atoms with Crippen molar-refractivity contribution in [1.82, 2.24) is 14.7 Å². The van der Waals surface area contributed by atoms with Gasteiger partial charge in [0.15, 0.2) is 0 Å². The van der Waals surface area contributed by atoms with Gasteiger partial charge in [0, 0.05) is 60.3 Å². The van der Waals surface area contributed by atoms with Crippen molar-refractivity contribution in [2.75, 3.05) is 13.1 Å². The van der Waals surface area contributed by atoms with Crippen molar-refractivity contribution in [1.29, 1.82) is 0 Å². The Morgan fingerprint density at radius 1 is 1.00 bits per heavy atom. The fraction of sp³-hybridized carbons (Fsp3) is 0.344. The molecule has 13 heteroatoms. The van der Waals surface area contributed by atoms with Gasteiger partial charge in [0.25, 0.3) is 15.9 Å². The molecule has 0 heterocycles. The van der Waals surface area contributed by atoms with Gasteiger partial charge < -0.3 is 10.2 Å². The molecular formula is C32H37ClFN3O6S2. The van der Waals surface area contributed by atoms with E-state index in [9.17, 15) is 28.0 Å². The number of rotatable bonds is 15. The predicted octanol–water partition coefficient (Wildman–Crippen LogP) is 5.64. The van der Waals surface area contributed by atoms with E-state index in [1.807, 2.05) is 25.1 Å². The Morgan fingerprint density at radius 2 is 1.73 bits per heavy atom. The summed E-state index contributed by atoms with van der Waals surface area (Å²) in [7, 11) is -4.62. The van der Waals surface area contributed by atoms with E-state index in [4.69, 9.17) is 11.6 Å². The highest BCUT2D eigenvalue weighted by Crippen LogP contribution is 2.31. The number of amides is 3. The Hall–Kier alpha value is -3.45. The maximum Gasteiger partial charge on any atom is 0.289 e. The standard InChI is InChI=1S/C32H37ClFN3O6S2/c1-3-8-32(40)36(16-15-30(38)35-20-26(44)18-22-9-7-10-25(33)17-22)21-24-14-13-23(19-28(24)34)27-11-5-6-12-29(27)45(42,43)37(41)31(39)4-2/h5-7,9-14,17,19,26,41,44H,3-4,8,15-16,18,20-21H2,1-2H3,(H,35,38). The lowest BCUT2D eigenvalue weighted by Gasteiger charge is -2.23. The molecule has 3 aromatic rings. The van der Waals surface area contributed by atoms with Crippen molar-refractivity contribution in [2.24, 2.45) is 0 Å². The SMILES string of the molecule is CCCC(=O)N(CCC(=O)NCC(S)Cc1cccc(Cl)c1)Cc1ccc(-c2ccccc2S(=O)(=O)N(O)C(=O)CC)cc1F. The van der Waals surface area contributed by atoms with Crippen molar-refractivity contribution in [2.45, 2.75) is 62.6 Å². The van der Waals surface area contributed by atoms with Crippen molar-refractivity contribution in [3.8, 4) is 11.1 Å². The van der Waals surface area contributed by atoms with Crippen LogP contribution in [-0.2, 0) is 37.4 Å². The van der Waals surface area contributed by atoms with E-state index in [1.54, 1.807) is 12.1 Å². The number of benzene rings is 3. The average Bonchev–Trinajstić information content (AvgIpc) is 3.02. The molecule has 1 unspecified atom stereocenters. The Bertz CT molecular complexity index is 1620. The fourth-order valence-corrected chi connectivity index (χ4v) is 6.38. The highest BCUT2D eigenvalue weighted by molar-refractivity contribution is 7.89. The zero-order valence-electron chi connectivity index (χ0n) is 25.1. The summed E-state index contributed by atoms with van der Waals surface area (Å²) in [6.07, 6.45) is 1.16. The zero-order chi connectivity index (χ0) is 33.1. The van der Waals surface area contributed by atoms with E-state index in [0.717, 1.165) is 11.6 Å². The lowest BCUT2D eigenvalue weighted by molar-refractivity contribution is -0.145. The number of sulfonamides is 1. The minimum Gasteiger partial charge on any atom is -0.355 e. The predicted molar refractivity (Wildman–Crippen MR) is 174 cm³/mol.